The maximum absolute atomic E-state index is 13.1. The van der Waals surface area contributed by atoms with Crippen LogP contribution in [0.25, 0.3) is 0 Å². The molecule has 0 heterocycles. The highest BCUT2D eigenvalue weighted by molar-refractivity contribution is 9.10. The summed E-state index contributed by atoms with van der Waals surface area (Å²) in [5.74, 6) is 1.32. The van der Waals surface area contributed by atoms with Crippen LogP contribution in [0.15, 0.2) is 53.0 Å². The van der Waals surface area contributed by atoms with E-state index in [4.69, 9.17) is 0 Å². The molecule has 0 spiro atoms. The fourth-order valence-corrected chi connectivity index (χ4v) is 4.21. The van der Waals surface area contributed by atoms with Crippen LogP contribution in [-0.2, 0) is 21.9 Å². The summed E-state index contributed by atoms with van der Waals surface area (Å²) >= 11 is 5.06. The zero-order valence-corrected chi connectivity index (χ0v) is 20.6. The van der Waals surface area contributed by atoms with Crippen molar-refractivity contribution in [2.75, 3.05) is 12.3 Å². The molecule has 0 aliphatic carbocycles. The predicted octanol–water partition coefficient (Wildman–Crippen LogP) is 5.18. The lowest BCUT2D eigenvalue weighted by Crippen LogP contribution is -2.48. The van der Waals surface area contributed by atoms with Crippen LogP contribution in [0.3, 0.4) is 0 Å². The lowest BCUT2D eigenvalue weighted by molar-refractivity contribution is -0.138. The first-order valence-electron chi connectivity index (χ1n) is 10.2. The summed E-state index contributed by atoms with van der Waals surface area (Å²) in [5.41, 5.74) is 3.41. The van der Waals surface area contributed by atoms with Gasteiger partial charge in [-0.3, -0.25) is 9.59 Å². The van der Waals surface area contributed by atoms with E-state index in [1.165, 1.54) is 11.1 Å². The Kier molecular flexibility index (Phi) is 9.92. The molecule has 4 nitrogen and oxygen atoms in total. The maximum Gasteiger partial charge on any atom is 0.242 e. The van der Waals surface area contributed by atoms with Crippen molar-refractivity contribution in [2.45, 2.75) is 46.0 Å². The summed E-state index contributed by atoms with van der Waals surface area (Å²) in [4.78, 5) is 27.4. The van der Waals surface area contributed by atoms with Gasteiger partial charge in [0.2, 0.25) is 11.8 Å². The Morgan fingerprint density at radius 1 is 1.07 bits per heavy atom. The zero-order valence-electron chi connectivity index (χ0n) is 18.2. The Hall–Kier alpha value is -1.79. The van der Waals surface area contributed by atoms with Gasteiger partial charge in [-0.2, -0.15) is 0 Å². The molecule has 0 saturated carbocycles. The standard InChI is InChI=1S/C24H31BrN2O2S/c1-17(2)13-26-24(29)19(4)27(14-21-6-5-7-22(25)12-21)23(28)16-30-15-20-10-8-18(3)9-11-20/h5-12,17,19H,13-16H2,1-4H3,(H,26,29)/t19-/m0/s1. The van der Waals surface area contributed by atoms with Crippen molar-refractivity contribution in [2.24, 2.45) is 5.92 Å². The molecular formula is C24H31BrN2O2S. The lowest BCUT2D eigenvalue weighted by Gasteiger charge is -2.29. The summed E-state index contributed by atoms with van der Waals surface area (Å²) in [6.07, 6.45) is 0. The van der Waals surface area contributed by atoms with E-state index in [1.807, 2.05) is 24.3 Å². The van der Waals surface area contributed by atoms with Gasteiger partial charge < -0.3 is 10.2 Å². The van der Waals surface area contributed by atoms with Crippen molar-refractivity contribution < 1.29 is 9.59 Å². The summed E-state index contributed by atoms with van der Waals surface area (Å²) in [7, 11) is 0. The van der Waals surface area contributed by atoms with Gasteiger partial charge in [-0.1, -0.05) is 71.7 Å². The molecule has 1 N–H and O–H groups in total. The Labute approximate surface area is 192 Å². The van der Waals surface area contributed by atoms with Crippen molar-refractivity contribution in [3.63, 3.8) is 0 Å². The van der Waals surface area contributed by atoms with E-state index in [-0.39, 0.29) is 11.8 Å². The largest absolute Gasteiger partial charge is 0.354 e. The SMILES string of the molecule is Cc1ccc(CSCC(=O)N(Cc2cccc(Br)c2)[C@@H](C)C(=O)NCC(C)C)cc1. The lowest BCUT2D eigenvalue weighted by atomic mass is 10.1. The molecule has 0 radical (unpaired) electrons. The highest BCUT2D eigenvalue weighted by Crippen LogP contribution is 2.18. The number of carbonyl (C=O) groups excluding carboxylic acids is 2. The highest BCUT2D eigenvalue weighted by Gasteiger charge is 2.26. The summed E-state index contributed by atoms with van der Waals surface area (Å²) in [6, 6.07) is 15.7. The number of halogens is 1. The fraction of sp³-hybridized carbons (Fsp3) is 0.417. The minimum atomic E-state index is -0.532. The number of nitrogens with one attached hydrogen (secondary N) is 1. The molecule has 0 saturated heterocycles. The molecule has 162 valence electrons. The number of hydrogen-bond donors (Lipinski definition) is 1. The molecule has 2 rings (SSSR count). The number of carbonyl (C=O) groups is 2. The fourth-order valence-electron chi connectivity index (χ4n) is 2.89. The number of thioether (sulfide) groups is 1. The van der Waals surface area contributed by atoms with E-state index in [9.17, 15) is 9.59 Å². The first kappa shape index (κ1) is 24.5. The van der Waals surface area contributed by atoms with Crippen LogP contribution in [0.1, 0.15) is 37.5 Å². The van der Waals surface area contributed by atoms with Crippen LogP contribution in [0.4, 0.5) is 0 Å². The number of rotatable bonds is 10. The molecule has 2 aromatic rings. The van der Waals surface area contributed by atoms with Crippen molar-refractivity contribution in [1.29, 1.82) is 0 Å². The monoisotopic (exact) mass is 490 g/mol. The number of hydrogen-bond acceptors (Lipinski definition) is 3. The predicted molar refractivity (Wildman–Crippen MR) is 129 cm³/mol. The molecule has 0 bridgehead atoms. The van der Waals surface area contributed by atoms with E-state index >= 15 is 0 Å². The molecule has 1 atom stereocenters. The minimum absolute atomic E-state index is 0.0284. The summed E-state index contributed by atoms with van der Waals surface area (Å²) in [5, 5.41) is 2.95. The van der Waals surface area contributed by atoms with Crippen LogP contribution in [-0.4, -0.2) is 35.1 Å². The number of aryl methyl sites for hydroxylation is 1. The van der Waals surface area contributed by atoms with E-state index < -0.39 is 6.04 Å². The number of benzene rings is 2. The van der Waals surface area contributed by atoms with Crippen LogP contribution in [0.5, 0.6) is 0 Å². The highest BCUT2D eigenvalue weighted by atomic mass is 79.9. The molecule has 2 amide bonds. The molecule has 30 heavy (non-hydrogen) atoms. The van der Waals surface area contributed by atoms with Gasteiger partial charge in [0.05, 0.1) is 5.75 Å². The second-order valence-electron chi connectivity index (χ2n) is 7.94. The molecule has 2 aromatic carbocycles. The van der Waals surface area contributed by atoms with Gasteiger partial charge in [-0.25, -0.2) is 0 Å². The Morgan fingerprint density at radius 3 is 2.40 bits per heavy atom. The van der Waals surface area contributed by atoms with Crippen LogP contribution in [0.2, 0.25) is 0 Å². The van der Waals surface area contributed by atoms with E-state index in [0.717, 1.165) is 15.8 Å². The van der Waals surface area contributed by atoms with Gasteiger partial charge in [-0.05, 0) is 43.0 Å². The van der Waals surface area contributed by atoms with Crippen molar-refractivity contribution in [3.05, 3.63) is 69.7 Å². The van der Waals surface area contributed by atoms with E-state index in [2.05, 4.69) is 66.3 Å². The van der Waals surface area contributed by atoms with Gasteiger partial charge in [0.1, 0.15) is 6.04 Å². The van der Waals surface area contributed by atoms with Crippen LogP contribution >= 0.6 is 27.7 Å². The molecular weight excluding hydrogens is 460 g/mol. The van der Waals surface area contributed by atoms with E-state index in [0.29, 0.717) is 24.8 Å². The Morgan fingerprint density at radius 2 is 1.77 bits per heavy atom. The summed E-state index contributed by atoms with van der Waals surface area (Å²) < 4.78 is 0.957. The third-order valence-corrected chi connectivity index (χ3v) is 6.19. The van der Waals surface area contributed by atoms with E-state index in [1.54, 1.807) is 23.6 Å². The van der Waals surface area contributed by atoms with Gasteiger partial charge in [0, 0.05) is 23.3 Å². The molecule has 0 fully saturated rings. The average molecular weight is 491 g/mol. The molecule has 0 aromatic heterocycles. The third kappa shape index (κ3) is 8.15. The first-order chi connectivity index (χ1) is 14.3. The number of amides is 2. The quantitative estimate of drug-likeness (QED) is 0.498. The van der Waals surface area contributed by atoms with Crippen molar-refractivity contribution >= 4 is 39.5 Å². The number of nitrogens with zero attached hydrogens (tertiary/aromatic N) is 1. The second-order valence-corrected chi connectivity index (χ2v) is 9.85. The zero-order chi connectivity index (χ0) is 22.1. The smallest absolute Gasteiger partial charge is 0.242 e. The average Bonchev–Trinajstić information content (AvgIpc) is 2.71. The van der Waals surface area contributed by atoms with Gasteiger partial charge in [0.15, 0.2) is 0 Å². The second kappa shape index (κ2) is 12.2. The molecule has 6 heteroatoms. The first-order valence-corrected chi connectivity index (χ1v) is 12.2. The van der Waals surface area contributed by atoms with Crippen LogP contribution < -0.4 is 5.32 Å². The molecule has 0 unspecified atom stereocenters. The minimum Gasteiger partial charge on any atom is -0.354 e. The molecule has 0 aliphatic rings. The van der Waals surface area contributed by atoms with Gasteiger partial charge >= 0.3 is 0 Å². The summed E-state index contributed by atoms with van der Waals surface area (Å²) in [6.45, 7) is 8.97. The normalized spacial score (nSPS) is 11.9. The third-order valence-electron chi connectivity index (χ3n) is 4.71. The van der Waals surface area contributed by atoms with Crippen molar-refractivity contribution in [1.82, 2.24) is 10.2 Å². The van der Waals surface area contributed by atoms with Gasteiger partial charge in [-0.15, -0.1) is 11.8 Å². The maximum atomic E-state index is 13.1. The van der Waals surface area contributed by atoms with Crippen LogP contribution in [0, 0.1) is 12.8 Å². The molecule has 0 aliphatic heterocycles. The topological polar surface area (TPSA) is 49.4 Å². The van der Waals surface area contributed by atoms with Crippen molar-refractivity contribution in [3.8, 4) is 0 Å². The van der Waals surface area contributed by atoms with Gasteiger partial charge in [0.25, 0.3) is 0 Å². The Bertz CT molecular complexity index is 839. The Balaban J connectivity index is 2.05.